The molecular formula is C12H16Br2N2S. The van der Waals surface area contributed by atoms with Gasteiger partial charge >= 0.3 is 0 Å². The lowest BCUT2D eigenvalue weighted by molar-refractivity contribution is 0.446. The Morgan fingerprint density at radius 2 is 2.12 bits per heavy atom. The van der Waals surface area contributed by atoms with E-state index in [1.54, 1.807) is 0 Å². The molecule has 0 saturated carbocycles. The van der Waals surface area contributed by atoms with Crippen LogP contribution in [0, 0.1) is 5.92 Å². The fourth-order valence-electron chi connectivity index (χ4n) is 1.92. The molecule has 1 saturated heterocycles. The quantitative estimate of drug-likeness (QED) is 0.860. The van der Waals surface area contributed by atoms with Crippen molar-refractivity contribution >= 4 is 43.6 Å². The van der Waals surface area contributed by atoms with Crippen molar-refractivity contribution < 1.29 is 0 Å². The van der Waals surface area contributed by atoms with E-state index >= 15 is 0 Å². The Labute approximate surface area is 124 Å². The third kappa shape index (κ3) is 4.54. The molecule has 0 unspecified atom stereocenters. The molecule has 1 aromatic rings. The van der Waals surface area contributed by atoms with Crippen LogP contribution in [0.1, 0.15) is 18.5 Å². The third-order valence-corrected chi connectivity index (χ3v) is 5.12. The van der Waals surface area contributed by atoms with Crippen LogP contribution in [-0.2, 0) is 6.54 Å². The van der Waals surface area contributed by atoms with Crippen molar-refractivity contribution in [1.29, 1.82) is 0 Å². The van der Waals surface area contributed by atoms with Gasteiger partial charge in [0.2, 0.25) is 0 Å². The van der Waals surface area contributed by atoms with Crippen molar-refractivity contribution in [2.24, 2.45) is 5.92 Å². The fraction of sp³-hybridized carbons (Fsp3) is 0.583. The van der Waals surface area contributed by atoms with E-state index < -0.39 is 0 Å². The van der Waals surface area contributed by atoms with E-state index in [0.29, 0.717) is 0 Å². The van der Waals surface area contributed by atoms with E-state index in [1.165, 1.54) is 24.3 Å². The zero-order valence-electron chi connectivity index (χ0n) is 9.59. The van der Waals surface area contributed by atoms with Crippen molar-refractivity contribution in [1.82, 2.24) is 10.3 Å². The number of pyridine rings is 1. The number of halogens is 2. The van der Waals surface area contributed by atoms with Crippen LogP contribution in [-0.4, -0.2) is 23.0 Å². The van der Waals surface area contributed by atoms with Crippen LogP contribution >= 0.6 is 43.6 Å². The maximum Gasteiger partial charge on any atom is 0.0684 e. The highest BCUT2D eigenvalue weighted by molar-refractivity contribution is 9.11. The van der Waals surface area contributed by atoms with Gasteiger partial charge in [0.1, 0.15) is 0 Å². The summed E-state index contributed by atoms with van der Waals surface area (Å²) < 4.78 is 2.08. The van der Waals surface area contributed by atoms with Gasteiger partial charge in [0.05, 0.1) is 5.69 Å². The first-order valence-electron chi connectivity index (χ1n) is 5.84. The van der Waals surface area contributed by atoms with E-state index in [0.717, 1.165) is 33.6 Å². The summed E-state index contributed by atoms with van der Waals surface area (Å²) in [5.41, 5.74) is 1.08. The number of rotatable bonds is 4. The zero-order valence-corrected chi connectivity index (χ0v) is 13.6. The summed E-state index contributed by atoms with van der Waals surface area (Å²) in [6.07, 6.45) is 4.55. The molecule has 1 N–H and O–H groups in total. The first-order valence-corrected chi connectivity index (χ1v) is 8.58. The maximum atomic E-state index is 4.40. The second-order valence-electron chi connectivity index (χ2n) is 4.27. The van der Waals surface area contributed by atoms with Crippen molar-refractivity contribution in [3.63, 3.8) is 0 Å². The Hall–Kier alpha value is 0.420. The molecule has 2 rings (SSSR count). The van der Waals surface area contributed by atoms with Gasteiger partial charge < -0.3 is 5.32 Å². The van der Waals surface area contributed by atoms with Gasteiger partial charge in [0.15, 0.2) is 0 Å². The Morgan fingerprint density at radius 1 is 1.35 bits per heavy atom. The molecule has 1 fully saturated rings. The lowest BCUT2D eigenvalue weighted by atomic mass is 10.0. The minimum absolute atomic E-state index is 0.845. The fourth-order valence-corrected chi connectivity index (χ4v) is 4.25. The first kappa shape index (κ1) is 13.8. The van der Waals surface area contributed by atoms with Gasteiger partial charge in [-0.15, -0.1) is 0 Å². The molecule has 2 nitrogen and oxygen atoms in total. The van der Waals surface area contributed by atoms with Gasteiger partial charge in [0.25, 0.3) is 0 Å². The summed E-state index contributed by atoms with van der Waals surface area (Å²) in [6.45, 7) is 1.96. The minimum atomic E-state index is 0.845. The largest absolute Gasteiger partial charge is 0.311 e. The predicted octanol–water partition coefficient (Wildman–Crippen LogP) is 3.84. The van der Waals surface area contributed by atoms with Crippen LogP contribution in [0.15, 0.2) is 21.2 Å². The normalized spacial score (nSPS) is 17.3. The molecule has 5 heteroatoms. The van der Waals surface area contributed by atoms with Gasteiger partial charge in [-0.1, -0.05) is 0 Å². The molecule has 94 valence electrons. The number of hydrogen-bond donors (Lipinski definition) is 1. The average molecular weight is 380 g/mol. The average Bonchev–Trinajstić information content (AvgIpc) is 2.33. The van der Waals surface area contributed by atoms with E-state index in [2.05, 4.69) is 53.9 Å². The Bertz CT molecular complexity index is 368. The first-order chi connectivity index (χ1) is 8.25. The molecule has 1 aliphatic heterocycles. The van der Waals surface area contributed by atoms with Gasteiger partial charge in [0, 0.05) is 21.7 Å². The summed E-state index contributed by atoms with van der Waals surface area (Å²) in [4.78, 5) is 4.40. The van der Waals surface area contributed by atoms with Gasteiger partial charge in [-0.3, -0.25) is 4.98 Å². The van der Waals surface area contributed by atoms with E-state index in [-0.39, 0.29) is 0 Å². The topological polar surface area (TPSA) is 24.9 Å². The molecule has 0 spiro atoms. The lowest BCUT2D eigenvalue weighted by Crippen LogP contribution is -2.25. The van der Waals surface area contributed by atoms with Gasteiger partial charge in [-0.05, 0) is 74.7 Å². The summed E-state index contributed by atoms with van der Waals surface area (Å²) in [5.74, 6) is 3.50. The molecule has 0 aliphatic carbocycles. The van der Waals surface area contributed by atoms with Crippen LogP contribution in [0.5, 0.6) is 0 Å². The van der Waals surface area contributed by atoms with E-state index in [1.807, 2.05) is 12.3 Å². The smallest absolute Gasteiger partial charge is 0.0684 e. The maximum absolute atomic E-state index is 4.40. The molecular weight excluding hydrogens is 364 g/mol. The molecule has 1 aromatic heterocycles. The second-order valence-corrected chi connectivity index (χ2v) is 7.26. The molecule has 0 aromatic carbocycles. The van der Waals surface area contributed by atoms with Gasteiger partial charge in [-0.2, -0.15) is 11.8 Å². The van der Waals surface area contributed by atoms with Crippen molar-refractivity contribution in [3.8, 4) is 0 Å². The monoisotopic (exact) mass is 378 g/mol. The summed E-state index contributed by atoms with van der Waals surface area (Å²) in [5, 5.41) is 3.51. The zero-order chi connectivity index (χ0) is 12.1. The highest BCUT2D eigenvalue weighted by Gasteiger charge is 2.13. The molecule has 2 heterocycles. The summed E-state index contributed by atoms with van der Waals surface area (Å²) >= 11 is 9.03. The summed E-state index contributed by atoms with van der Waals surface area (Å²) in [7, 11) is 0. The van der Waals surface area contributed by atoms with Crippen molar-refractivity contribution in [2.45, 2.75) is 19.4 Å². The number of hydrogen-bond acceptors (Lipinski definition) is 3. The van der Waals surface area contributed by atoms with Gasteiger partial charge in [-0.25, -0.2) is 0 Å². The molecule has 0 atom stereocenters. The van der Waals surface area contributed by atoms with Crippen molar-refractivity contribution in [2.75, 3.05) is 18.1 Å². The standard InChI is InChI=1S/C12H16Br2N2S/c13-10-5-11(14)12(16-7-10)8-15-6-9-1-3-17-4-2-9/h5,7,9,15H,1-4,6,8H2. The lowest BCUT2D eigenvalue weighted by Gasteiger charge is -2.21. The predicted molar refractivity (Wildman–Crippen MR) is 81.4 cm³/mol. The molecule has 17 heavy (non-hydrogen) atoms. The van der Waals surface area contributed by atoms with Crippen LogP contribution in [0.25, 0.3) is 0 Å². The molecule has 0 amide bonds. The highest BCUT2D eigenvalue weighted by atomic mass is 79.9. The number of nitrogens with zero attached hydrogens (tertiary/aromatic N) is 1. The SMILES string of the molecule is Brc1cnc(CNCC2CCSCC2)c(Br)c1. The third-order valence-electron chi connectivity index (χ3n) is 2.95. The number of aromatic nitrogens is 1. The second kappa shape index (κ2) is 7.12. The molecule has 0 bridgehead atoms. The Kier molecular flexibility index (Phi) is 5.80. The molecule has 0 radical (unpaired) electrons. The highest BCUT2D eigenvalue weighted by Crippen LogP contribution is 2.22. The van der Waals surface area contributed by atoms with Crippen LogP contribution < -0.4 is 5.32 Å². The van der Waals surface area contributed by atoms with E-state index in [4.69, 9.17) is 0 Å². The van der Waals surface area contributed by atoms with Crippen LogP contribution in [0.4, 0.5) is 0 Å². The van der Waals surface area contributed by atoms with Crippen molar-refractivity contribution in [3.05, 3.63) is 26.9 Å². The molecule has 1 aliphatic rings. The number of thioether (sulfide) groups is 1. The Balaban J connectivity index is 1.77. The minimum Gasteiger partial charge on any atom is -0.311 e. The van der Waals surface area contributed by atoms with E-state index in [9.17, 15) is 0 Å². The van der Waals surface area contributed by atoms with Crippen LogP contribution in [0.2, 0.25) is 0 Å². The Morgan fingerprint density at radius 3 is 2.82 bits per heavy atom. The number of nitrogens with one attached hydrogen (secondary N) is 1. The summed E-state index contributed by atoms with van der Waals surface area (Å²) in [6, 6.07) is 2.04. The van der Waals surface area contributed by atoms with Crippen LogP contribution in [0.3, 0.4) is 0 Å².